The van der Waals surface area contributed by atoms with Gasteiger partial charge < -0.3 is 21.1 Å². The van der Waals surface area contributed by atoms with Crippen LogP contribution in [-0.4, -0.2) is 33.2 Å². The molecule has 3 aromatic rings. The third-order valence-electron chi connectivity index (χ3n) is 6.69. The molecule has 2 aromatic heterocycles. The maximum atomic E-state index is 13.3. The average Bonchev–Trinajstić information content (AvgIpc) is 2.86. The van der Waals surface area contributed by atoms with Crippen LogP contribution in [0.3, 0.4) is 0 Å². The van der Waals surface area contributed by atoms with Gasteiger partial charge >= 0.3 is 18.2 Å². The zero-order chi connectivity index (χ0) is 27.4. The summed E-state index contributed by atoms with van der Waals surface area (Å²) in [5.41, 5.74) is 7.69. The first-order valence-corrected chi connectivity index (χ1v) is 12.5. The van der Waals surface area contributed by atoms with E-state index in [0.29, 0.717) is 28.6 Å². The van der Waals surface area contributed by atoms with E-state index in [1.807, 2.05) is 13.8 Å². The number of nitrogen functional groups attached to an aromatic ring is 1. The second-order valence-corrected chi connectivity index (χ2v) is 10.1. The highest BCUT2D eigenvalue weighted by Crippen LogP contribution is 2.41. The molecule has 2 heterocycles. The predicted octanol–water partition coefficient (Wildman–Crippen LogP) is 6.69. The van der Waals surface area contributed by atoms with Gasteiger partial charge in [0, 0.05) is 17.8 Å². The first-order chi connectivity index (χ1) is 18.0. The summed E-state index contributed by atoms with van der Waals surface area (Å²) < 4.78 is 45.5. The van der Waals surface area contributed by atoms with Crippen molar-refractivity contribution in [3.8, 4) is 22.9 Å². The fourth-order valence-corrected chi connectivity index (χ4v) is 4.87. The number of hydrogen-bond acceptors (Lipinski definition) is 6. The molecule has 0 spiro atoms. The first kappa shape index (κ1) is 27.4. The molecule has 0 bridgehead atoms. The summed E-state index contributed by atoms with van der Waals surface area (Å²) in [6.45, 7) is 3.91. The highest BCUT2D eigenvalue weighted by atomic mass is 35.5. The topological polar surface area (TPSA) is 115 Å². The molecule has 4 rings (SSSR count). The molecule has 1 saturated carbocycles. The number of ether oxygens (including phenoxy) is 1. The number of alkyl halides is 3. The zero-order valence-corrected chi connectivity index (χ0v) is 21.6. The average molecular weight is 549 g/mol. The second-order valence-electron chi connectivity index (χ2n) is 9.63. The molecule has 8 nitrogen and oxygen atoms in total. The number of carbonyl (C=O) groups is 1. The van der Waals surface area contributed by atoms with Crippen molar-refractivity contribution in [2.45, 2.75) is 45.3 Å². The van der Waals surface area contributed by atoms with Crippen LogP contribution in [0.2, 0.25) is 5.02 Å². The Morgan fingerprint density at radius 2 is 1.79 bits per heavy atom. The molecule has 2 amide bonds. The monoisotopic (exact) mass is 548 g/mol. The molecule has 1 fully saturated rings. The summed E-state index contributed by atoms with van der Waals surface area (Å²) >= 11 is 6.01. The van der Waals surface area contributed by atoms with Crippen molar-refractivity contribution >= 4 is 29.1 Å². The Kier molecular flexibility index (Phi) is 8.25. The van der Waals surface area contributed by atoms with E-state index in [9.17, 15) is 18.0 Å². The molecule has 3 atom stereocenters. The lowest BCUT2D eigenvalue weighted by atomic mass is 9.73. The number of nitrogens with one attached hydrogen (secondary N) is 2. The molecular formula is C26H28ClF3N6O2. The second kappa shape index (κ2) is 11.4. The Morgan fingerprint density at radius 1 is 1.11 bits per heavy atom. The van der Waals surface area contributed by atoms with Gasteiger partial charge in [0.25, 0.3) is 0 Å². The number of aromatic nitrogens is 3. The fraction of sp³-hybridized carbons (Fsp3) is 0.385. The number of rotatable bonds is 6. The Morgan fingerprint density at radius 3 is 2.42 bits per heavy atom. The number of carbonyl (C=O) groups excluding carboxylic acids is 1. The number of urea groups is 1. The number of nitrogens with zero attached hydrogens (tertiary/aromatic N) is 3. The molecule has 0 radical (unpaired) electrons. The van der Waals surface area contributed by atoms with Crippen LogP contribution in [-0.2, 0) is 0 Å². The molecule has 0 unspecified atom stereocenters. The zero-order valence-electron chi connectivity index (χ0n) is 20.8. The molecule has 0 saturated heterocycles. The maximum Gasteiger partial charge on any atom is 0.391 e. The quantitative estimate of drug-likeness (QED) is 0.316. The van der Waals surface area contributed by atoms with E-state index in [2.05, 4.69) is 25.6 Å². The van der Waals surface area contributed by atoms with E-state index in [1.54, 1.807) is 30.3 Å². The van der Waals surface area contributed by atoms with Crippen molar-refractivity contribution in [1.29, 1.82) is 0 Å². The molecule has 12 heteroatoms. The van der Waals surface area contributed by atoms with Crippen LogP contribution in [0.1, 0.15) is 33.1 Å². The van der Waals surface area contributed by atoms with Crippen LogP contribution in [0.15, 0.2) is 48.9 Å². The fourth-order valence-electron chi connectivity index (χ4n) is 4.71. The summed E-state index contributed by atoms with van der Waals surface area (Å²) in [4.78, 5) is 24.8. The molecule has 4 N–H and O–H groups in total. The van der Waals surface area contributed by atoms with Gasteiger partial charge in [-0.2, -0.15) is 13.2 Å². The summed E-state index contributed by atoms with van der Waals surface area (Å²) in [6.07, 6.45) is 0.258. The van der Waals surface area contributed by atoms with Crippen LogP contribution in [0.5, 0.6) is 11.8 Å². The minimum atomic E-state index is -4.28. The minimum Gasteiger partial charge on any atom is -0.424 e. The van der Waals surface area contributed by atoms with Crippen LogP contribution in [0.25, 0.3) is 11.1 Å². The number of pyridine rings is 1. The Labute approximate surface area is 223 Å². The molecule has 1 aliphatic rings. The Bertz CT molecular complexity index is 1260. The van der Waals surface area contributed by atoms with Crippen molar-refractivity contribution in [2.75, 3.05) is 11.1 Å². The van der Waals surface area contributed by atoms with Crippen molar-refractivity contribution in [3.63, 3.8) is 0 Å². The highest BCUT2D eigenvalue weighted by molar-refractivity contribution is 6.30. The van der Waals surface area contributed by atoms with E-state index in [0.717, 1.165) is 5.56 Å². The van der Waals surface area contributed by atoms with E-state index in [1.165, 1.54) is 18.6 Å². The molecular weight excluding hydrogens is 521 g/mol. The molecule has 202 valence electrons. The summed E-state index contributed by atoms with van der Waals surface area (Å²) in [7, 11) is 0. The molecule has 1 aromatic carbocycles. The van der Waals surface area contributed by atoms with E-state index in [-0.39, 0.29) is 36.4 Å². The summed E-state index contributed by atoms with van der Waals surface area (Å²) in [6, 6.07) is 7.58. The maximum absolute atomic E-state index is 13.3. The van der Waals surface area contributed by atoms with Gasteiger partial charge in [-0.3, -0.25) is 0 Å². The van der Waals surface area contributed by atoms with Gasteiger partial charge in [0.15, 0.2) is 0 Å². The van der Waals surface area contributed by atoms with Crippen LogP contribution in [0, 0.1) is 17.8 Å². The van der Waals surface area contributed by atoms with E-state index in [4.69, 9.17) is 22.1 Å². The highest BCUT2D eigenvalue weighted by Gasteiger charge is 2.45. The SMILES string of the molecule is CC(C)[C@H]1CC[C@H](C(F)(F)F)C[C@@H]1NC(=O)Nc1cnc(Oc2ccc(-c3cc(Cl)cnc3N)cc2)nc1. The number of benzene rings is 1. The molecule has 0 aliphatic heterocycles. The standard InChI is InChI=1S/C26H28ClF3N6O2/c1-14(2)20-8-5-16(26(28,29)30)9-22(20)36-24(37)35-18-12-33-25(34-13-18)38-19-6-3-15(4-7-19)21-10-17(27)11-32-23(21)31/h3-4,6-7,10-14,16,20,22H,5,8-9H2,1-2H3,(H2,31,32)(H2,35,36,37)/t16-,20+,22-/m0/s1. The van der Waals surface area contributed by atoms with Crippen molar-refractivity contribution in [2.24, 2.45) is 17.8 Å². The lowest BCUT2D eigenvalue weighted by molar-refractivity contribution is -0.187. The minimum absolute atomic E-state index is 0.0376. The van der Waals surface area contributed by atoms with Gasteiger partial charge in [0.2, 0.25) is 0 Å². The van der Waals surface area contributed by atoms with Crippen LogP contribution < -0.4 is 21.1 Å². The number of anilines is 2. The Balaban J connectivity index is 1.35. The molecule has 1 aliphatic carbocycles. The first-order valence-electron chi connectivity index (χ1n) is 12.1. The third kappa shape index (κ3) is 6.83. The van der Waals surface area contributed by atoms with Gasteiger partial charge in [0.05, 0.1) is 29.0 Å². The lowest BCUT2D eigenvalue weighted by Gasteiger charge is -2.39. The third-order valence-corrected chi connectivity index (χ3v) is 6.89. The largest absolute Gasteiger partial charge is 0.424 e. The lowest BCUT2D eigenvalue weighted by Crippen LogP contribution is -2.49. The van der Waals surface area contributed by atoms with E-state index < -0.39 is 24.2 Å². The Hall–Kier alpha value is -3.60. The van der Waals surface area contributed by atoms with Crippen molar-refractivity contribution in [1.82, 2.24) is 20.3 Å². The van der Waals surface area contributed by atoms with Gasteiger partial charge in [-0.15, -0.1) is 0 Å². The van der Waals surface area contributed by atoms with Crippen molar-refractivity contribution in [3.05, 3.63) is 53.9 Å². The summed E-state index contributed by atoms with van der Waals surface area (Å²) in [5, 5.41) is 5.78. The molecule has 38 heavy (non-hydrogen) atoms. The normalized spacial score (nSPS) is 19.7. The van der Waals surface area contributed by atoms with Gasteiger partial charge in [0.1, 0.15) is 11.6 Å². The predicted molar refractivity (Wildman–Crippen MR) is 139 cm³/mol. The van der Waals surface area contributed by atoms with Crippen molar-refractivity contribution < 1.29 is 22.7 Å². The van der Waals surface area contributed by atoms with Gasteiger partial charge in [-0.05, 0) is 54.9 Å². The number of nitrogens with two attached hydrogens (primary N) is 1. The number of amides is 2. The summed E-state index contributed by atoms with van der Waals surface area (Å²) in [5.74, 6) is -0.498. The van der Waals surface area contributed by atoms with Gasteiger partial charge in [-0.25, -0.2) is 19.7 Å². The number of halogens is 4. The van der Waals surface area contributed by atoms with Crippen LogP contribution in [0.4, 0.5) is 29.5 Å². The smallest absolute Gasteiger partial charge is 0.391 e. The van der Waals surface area contributed by atoms with Gasteiger partial charge in [-0.1, -0.05) is 37.6 Å². The van der Waals surface area contributed by atoms with Crippen LogP contribution >= 0.6 is 11.6 Å². The number of hydrogen-bond donors (Lipinski definition) is 3. The van der Waals surface area contributed by atoms with E-state index >= 15 is 0 Å².